The number of carbonyl (C=O) groups excluding carboxylic acids is 1. The van der Waals surface area contributed by atoms with E-state index in [9.17, 15) is 4.79 Å². The molecule has 2 N–H and O–H groups in total. The Bertz CT molecular complexity index is 639. The van der Waals surface area contributed by atoms with E-state index < -0.39 is 0 Å². The molecule has 1 aromatic carbocycles. The monoisotopic (exact) mass is 357 g/mol. The molecule has 0 spiro atoms. The summed E-state index contributed by atoms with van der Waals surface area (Å²) in [6, 6.07) is 8.25. The van der Waals surface area contributed by atoms with Crippen molar-refractivity contribution >= 4 is 28.9 Å². The van der Waals surface area contributed by atoms with Gasteiger partial charge in [-0.2, -0.15) is 0 Å². The van der Waals surface area contributed by atoms with Gasteiger partial charge in [0, 0.05) is 30.4 Å². The summed E-state index contributed by atoms with van der Waals surface area (Å²) >= 11 is 5.48. The van der Waals surface area contributed by atoms with E-state index in [1.165, 1.54) is 32.1 Å². The number of hydrogen-bond donors (Lipinski definition) is 2. The van der Waals surface area contributed by atoms with Gasteiger partial charge in [-0.3, -0.25) is 4.79 Å². The van der Waals surface area contributed by atoms with Crippen molar-refractivity contribution in [2.75, 3.05) is 18.4 Å². The van der Waals surface area contributed by atoms with E-state index in [0.29, 0.717) is 11.2 Å². The molecule has 5 heteroatoms. The van der Waals surface area contributed by atoms with E-state index in [1.807, 2.05) is 29.2 Å². The summed E-state index contributed by atoms with van der Waals surface area (Å²) in [6.07, 6.45) is 8.85. The van der Waals surface area contributed by atoms with Crippen LogP contribution in [0.15, 0.2) is 24.3 Å². The van der Waals surface area contributed by atoms with Gasteiger partial charge in [-0.1, -0.05) is 6.42 Å². The summed E-state index contributed by atoms with van der Waals surface area (Å²) in [6.45, 7) is 1.77. The quantitative estimate of drug-likeness (QED) is 0.808. The minimum Gasteiger partial charge on any atom is -0.359 e. The van der Waals surface area contributed by atoms with Gasteiger partial charge in [0.25, 0.3) is 5.91 Å². The van der Waals surface area contributed by atoms with Crippen LogP contribution in [0.3, 0.4) is 0 Å². The Kier molecular flexibility index (Phi) is 4.93. The summed E-state index contributed by atoms with van der Waals surface area (Å²) < 4.78 is 0. The lowest BCUT2D eigenvalue weighted by molar-refractivity contribution is 0.0724. The van der Waals surface area contributed by atoms with Gasteiger partial charge in [-0.15, -0.1) is 0 Å². The number of piperidine rings is 1. The number of fused-ring (bicyclic) bond motifs is 2. The van der Waals surface area contributed by atoms with E-state index in [-0.39, 0.29) is 5.91 Å². The number of anilines is 1. The van der Waals surface area contributed by atoms with Crippen molar-refractivity contribution in [2.45, 2.75) is 51.0 Å². The summed E-state index contributed by atoms with van der Waals surface area (Å²) in [5.41, 5.74) is 1.70. The molecule has 2 aliphatic carbocycles. The van der Waals surface area contributed by atoms with E-state index >= 15 is 0 Å². The summed E-state index contributed by atoms with van der Waals surface area (Å²) in [5, 5.41) is 7.46. The molecule has 0 unspecified atom stereocenters. The highest BCUT2D eigenvalue weighted by Gasteiger charge is 2.39. The average Bonchev–Trinajstić information content (AvgIpc) is 3.25. The molecular weight excluding hydrogens is 330 g/mol. The molecule has 1 aliphatic heterocycles. The molecule has 2 saturated carbocycles. The Hall–Kier alpha value is -1.62. The van der Waals surface area contributed by atoms with Crippen LogP contribution in [0.5, 0.6) is 0 Å². The highest BCUT2D eigenvalue weighted by atomic mass is 32.1. The summed E-state index contributed by atoms with van der Waals surface area (Å²) in [5.74, 6) is 1.86. The van der Waals surface area contributed by atoms with Crippen molar-refractivity contribution in [3.8, 4) is 0 Å². The van der Waals surface area contributed by atoms with Gasteiger partial charge in [0.15, 0.2) is 5.11 Å². The molecule has 25 heavy (non-hydrogen) atoms. The summed E-state index contributed by atoms with van der Waals surface area (Å²) in [4.78, 5) is 14.5. The second kappa shape index (κ2) is 7.32. The maximum Gasteiger partial charge on any atom is 0.253 e. The Morgan fingerprint density at radius 1 is 1.04 bits per heavy atom. The third kappa shape index (κ3) is 3.81. The Labute approximate surface area is 155 Å². The first kappa shape index (κ1) is 16.8. The lowest BCUT2D eigenvalue weighted by atomic mass is 9.96. The van der Waals surface area contributed by atoms with Gasteiger partial charge in [-0.05, 0) is 86.8 Å². The zero-order valence-electron chi connectivity index (χ0n) is 14.7. The fraction of sp³-hybridized carbons (Fsp3) is 0.600. The SMILES string of the molecule is O=C(c1ccc(NC(=S)N[C@H]2C[C@H]3CC[C@H]2C3)cc1)N1CCCCC1. The fourth-order valence-corrected chi connectivity index (χ4v) is 5.00. The van der Waals surface area contributed by atoms with Crippen LogP contribution in [0.1, 0.15) is 55.3 Å². The number of amides is 1. The number of rotatable bonds is 3. The highest BCUT2D eigenvalue weighted by molar-refractivity contribution is 7.80. The van der Waals surface area contributed by atoms with Crippen molar-refractivity contribution in [1.82, 2.24) is 10.2 Å². The van der Waals surface area contributed by atoms with E-state index in [2.05, 4.69) is 10.6 Å². The topological polar surface area (TPSA) is 44.4 Å². The number of likely N-dealkylation sites (tertiary alicyclic amines) is 1. The molecular formula is C20H27N3OS. The first-order valence-corrected chi connectivity index (χ1v) is 10.1. The van der Waals surface area contributed by atoms with Crippen LogP contribution >= 0.6 is 12.2 Å². The Morgan fingerprint density at radius 3 is 2.44 bits per heavy atom. The molecule has 0 aromatic heterocycles. The standard InChI is InChI=1S/C20H27N3OS/c24-19(23-10-2-1-3-11-23)15-6-8-17(9-7-15)21-20(25)22-18-13-14-4-5-16(18)12-14/h6-9,14,16,18H,1-5,10-13H2,(H2,21,22,25)/t14-,16-,18-/m0/s1. The second-order valence-corrected chi connectivity index (χ2v) is 8.22. The maximum atomic E-state index is 12.5. The van der Waals surface area contributed by atoms with Crippen LogP contribution in [0, 0.1) is 11.8 Å². The van der Waals surface area contributed by atoms with E-state index in [4.69, 9.17) is 12.2 Å². The number of nitrogens with one attached hydrogen (secondary N) is 2. The van der Waals surface area contributed by atoms with Crippen LogP contribution in [-0.2, 0) is 0 Å². The molecule has 3 aliphatic rings. The number of nitrogens with zero attached hydrogens (tertiary/aromatic N) is 1. The predicted octanol–water partition coefficient (Wildman–Crippen LogP) is 3.79. The van der Waals surface area contributed by atoms with Gasteiger partial charge in [-0.25, -0.2) is 0 Å². The third-order valence-corrected chi connectivity index (χ3v) is 6.31. The molecule has 3 fully saturated rings. The van der Waals surface area contributed by atoms with Crippen molar-refractivity contribution in [2.24, 2.45) is 11.8 Å². The number of carbonyl (C=O) groups is 1. The first-order chi connectivity index (χ1) is 12.2. The van der Waals surface area contributed by atoms with Gasteiger partial charge in [0.2, 0.25) is 0 Å². The molecule has 2 bridgehead atoms. The van der Waals surface area contributed by atoms with Crippen LogP contribution < -0.4 is 10.6 Å². The minimum atomic E-state index is 0.147. The molecule has 0 radical (unpaired) electrons. The number of hydrogen-bond acceptors (Lipinski definition) is 2. The Morgan fingerprint density at radius 2 is 1.80 bits per heavy atom. The molecule has 4 nitrogen and oxygen atoms in total. The smallest absolute Gasteiger partial charge is 0.253 e. The van der Waals surface area contributed by atoms with Crippen molar-refractivity contribution < 1.29 is 4.79 Å². The average molecular weight is 358 g/mol. The van der Waals surface area contributed by atoms with Gasteiger partial charge in [0.1, 0.15) is 0 Å². The zero-order valence-corrected chi connectivity index (χ0v) is 15.5. The molecule has 3 atom stereocenters. The first-order valence-electron chi connectivity index (χ1n) is 9.66. The van der Waals surface area contributed by atoms with Crippen molar-refractivity contribution in [1.29, 1.82) is 0 Å². The van der Waals surface area contributed by atoms with Crippen LogP contribution in [0.4, 0.5) is 5.69 Å². The van der Waals surface area contributed by atoms with Crippen LogP contribution in [0.2, 0.25) is 0 Å². The van der Waals surface area contributed by atoms with E-state index in [0.717, 1.165) is 49.0 Å². The van der Waals surface area contributed by atoms with Crippen LogP contribution in [-0.4, -0.2) is 35.1 Å². The highest BCUT2D eigenvalue weighted by Crippen LogP contribution is 2.44. The minimum absolute atomic E-state index is 0.147. The van der Waals surface area contributed by atoms with Crippen molar-refractivity contribution in [3.05, 3.63) is 29.8 Å². The molecule has 4 rings (SSSR count). The number of benzene rings is 1. The summed E-state index contributed by atoms with van der Waals surface area (Å²) in [7, 11) is 0. The molecule has 1 aromatic rings. The van der Waals surface area contributed by atoms with E-state index in [1.54, 1.807) is 0 Å². The second-order valence-electron chi connectivity index (χ2n) is 7.81. The van der Waals surface area contributed by atoms with Gasteiger partial charge in [0.05, 0.1) is 0 Å². The van der Waals surface area contributed by atoms with Crippen molar-refractivity contribution in [3.63, 3.8) is 0 Å². The third-order valence-electron chi connectivity index (χ3n) is 6.09. The molecule has 1 saturated heterocycles. The predicted molar refractivity (Wildman–Crippen MR) is 105 cm³/mol. The fourth-order valence-electron chi connectivity index (χ4n) is 4.73. The largest absolute Gasteiger partial charge is 0.359 e. The molecule has 1 heterocycles. The lowest BCUT2D eigenvalue weighted by Gasteiger charge is -2.27. The van der Waals surface area contributed by atoms with Gasteiger partial charge >= 0.3 is 0 Å². The normalized spacial score (nSPS) is 28.0. The molecule has 1 amide bonds. The van der Waals surface area contributed by atoms with Gasteiger partial charge < -0.3 is 15.5 Å². The molecule has 134 valence electrons. The lowest BCUT2D eigenvalue weighted by Crippen LogP contribution is -2.40. The zero-order chi connectivity index (χ0) is 17.2. The number of thiocarbonyl (C=S) groups is 1. The van der Waals surface area contributed by atoms with Crippen LogP contribution in [0.25, 0.3) is 0 Å². The maximum absolute atomic E-state index is 12.5. The Balaban J connectivity index is 1.31.